The van der Waals surface area contributed by atoms with E-state index >= 15 is 0 Å². The number of hydrogen-bond donors (Lipinski definition) is 1. The molecule has 1 atom stereocenters. The molecule has 30 heavy (non-hydrogen) atoms. The van der Waals surface area contributed by atoms with Crippen molar-refractivity contribution in [2.24, 2.45) is 0 Å². The smallest absolute Gasteiger partial charge is 0.122 e. The lowest BCUT2D eigenvalue weighted by Gasteiger charge is -2.28. The molecule has 0 aliphatic carbocycles. The van der Waals surface area contributed by atoms with E-state index in [4.69, 9.17) is 4.74 Å². The summed E-state index contributed by atoms with van der Waals surface area (Å²) in [7, 11) is -0.856. The quantitative estimate of drug-likeness (QED) is 0.475. The number of nitrogens with zero attached hydrogens (tertiary/aromatic N) is 1. The average molecular weight is 429 g/mol. The fraction of sp³-hybridized carbons (Fsp3) is 0.480. The van der Waals surface area contributed by atoms with Crippen LogP contribution in [0.3, 0.4) is 0 Å². The van der Waals surface area contributed by atoms with Crippen molar-refractivity contribution in [1.29, 1.82) is 0 Å². The molecule has 1 unspecified atom stereocenters. The zero-order valence-corrected chi connectivity index (χ0v) is 19.7. The summed E-state index contributed by atoms with van der Waals surface area (Å²) in [5, 5.41) is 0. The highest BCUT2D eigenvalue weighted by Crippen LogP contribution is 2.30. The maximum atomic E-state index is 13.3. The molecule has 1 aliphatic rings. The topological polar surface area (TPSA) is 41.6 Å². The van der Waals surface area contributed by atoms with Crippen LogP contribution in [0.1, 0.15) is 47.1 Å². The number of hydrogen-bond acceptors (Lipinski definition) is 3. The van der Waals surface area contributed by atoms with Gasteiger partial charge in [0.15, 0.2) is 0 Å². The number of fused-ring (bicyclic) bond motifs is 1. The van der Waals surface area contributed by atoms with Gasteiger partial charge in [0.1, 0.15) is 5.75 Å². The summed E-state index contributed by atoms with van der Waals surface area (Å²) in [5.74, 6) is 4.88. The second kappa shape index (κ2) is 9.99. The zero-order valence-electron chi connectivity index (χ0n) is 18.9. The molecule has 0 fully saturated rings. The Morgan fingerprint density at radius 2 is 1.83 bits per heavy atom. The van der Waals surface area contributed by atoms with Crippen LogP contribution in [-0.2, 0) is 22.7 Å². The van der Waals surface area contributed by atoms with Crippen molar-refractivity contribution in [3.05, 3.63) is 58.1 Å². The van der Waals surface area contributed by atoms with Gasteiger partial charge in [-0.1, -0.05) is 30.7 Å². The molecule has 0 aromatic heterocycles. The van der Waals surface area contributed by atoms with Gasteiger partial charge in [0, 0.05) is 19.6 Å². The van der Waals surface area contributed by atoms with Crippen LogP contribution >= 0.6 is 0 Å². The third-order valence-corrected chi connectivity index (χ3v) is 8.18. The monoisotopic (exact) mass is 428 g/mol. The Bertz CT molecular complexity index is 983. The number of nitrogens with one attached hydrogen (secondary N) is 1. The maximum Gasteiger partial charge on any atom is 0.122 e. The molecule has 1 aliphatic heterocycles. The summed E-state index contributed by atoms with van der Waals surface area (Å²) in [6, 6.07) is 10.7. The first-order valence-corrected chi connectivity index (χ1v) is 12.6. The van der Waals surface area contributed by atoms with Gasteiger partial charge in [-0.15, -0.1) is 0 Å². The van der Waals surface area contributed by atoms with Gasteiger partial charge in [-0.05, 0) is 86.3 Å². The van der Waals surface area contributed by atoms with Gasteiger partial charge in [0.05, 0.1) is 21.7 Å². The van der Waals surface area contributed by atoms with Gasteiger partial charge in [-0.25, -0.2) is 8.93 Å². The largest absolute Gasteiger partial charge is 0.496 e. The Kier molecular flexibility index (Phi) is 7.61. The number of benzene rings is 2. The predicted molar refractivity (Wildman–Crippen MR) is 128 cm³/mol. The molecule has 0 amide bonds. The van der Waals surface area contributed by atoms with Crippen molar-refractivity contribution in [2.75, 3.05) is 26.7 Å². The number of aryl methyl sites for hydroxylation is 1. The molecular formula is C25H36N2O2S. The van der Waals surface area contributed by atoms with Gasteiger partial charge in [-0.2, -0.15) is 0 Å². The molecule has 2 aromatic carbocycles. The highest BCUT2D eigenvalue weighted by molar-refractivity contribution is 7.98. The minimum atomic E-state index is -2.53. The van der Waals surface area contributed by atoms with Gasteiger partial charge >= 0.3 is 0 Å². The Labute approximate surface area is 182 Å². The van der Waals surface area contributed by atoms with E-state index in [1.165, 1.54) is 17.5 Å². The molecule has 0 saturated heterocycles. The van der Waals surface area contributed by atoms with Crippen LogP contribution < -0.4 is 9.46 Å². The van der Waals surface area contributed by atoms with Gasteiger partial charge < -0.3 is 4.74 Å². The summed E-state index contributed by atoms with van der Waals surface area (Å²) in [4.78, 5) is 3.38. The number of rotatable bonds is 9. The van der Waals surface area contributed by atoms with E-state index in [0.29, 0.717) is 0 Å². The molecule has 1 heterocycles. The minimum Gasteiger partial charge on any atom is -0.496 e. The molecule has 1 N–H and O–H groups in total. The maximum absolute atomic E-state index is 13.3. The van der Waals surface area contributed by atoms with Crippen LogP contribution in [0.25, 0.3) is 0 Å². The summed E-state index contributed by atoms with van der Waals surface area (Å²) in [5.41, 5.74) is 5.97. The SMILES string of the molecule is C=S(=O)(NCCCCCN1CCc2ccccc2C1)c1c(C)cc(OC)c(C)c1C. The molecule has 5 heteroatoms. The predicted octanol–water partition coefficient (Wildman–Crippen LogP) is 4.43. The van der Waals surface area contributed by atoms with E-state index < -0.39 is 9.71 Å². The number of unbranched alkanes of at least 4 members (excludes halogenated alkanes) is 2. The zero-order chi connectivity index (χ0) is 21.7. The lowest BCUT2D eigenvalue weighted by Crippen LogP contribution is -2.31. The van der Waals surface area contributed by atoms with Crippen LogP contribution in [0.5, 0.6) is 5.75 Å². The van der Waals surface area contributed by atoms with Crippen molar-refractivity contribution in [2.45, 2.75) is 57.9 Å². The number of ether oxygens (including phenoxy) is 1. The third-order valence-electron chi connectivity index (χ3n) is 6.22. The molecule has 4 nitrogen and oxygen atoms in total. The van der Waals surface area contributed by atoms with Crippen LogP contribution in [-0.4, -0.2) is 41.7 Å². The molecule has 0 bridgehead atoms. The highest BCUT2D eigenvalue weighted by Gasteiger charge is 2.18. The summed E-state index contributed by atoms with van der Waals surface area (Å²) >= 11 is 0. The van der Waals surface area contributed by atoms with E-state index in [1.807, 2.05) is 26.8 Å². The van der Waals surface area contributed by atoms with Crippen molar-refractivity contribution < 1.29 is 8.95 Å². The molecule has 2 aromatic rings. The van der Waals surface area contributed by atoms with Crippen molar-refractivity contribution in [1.82, 2.24) is 9.62 Å². The normalized spacial score (nSPS) is 16.1. The molecule has 0 radical (unpaired) electrons. The molecular weight excluding hydrogens is 392 g/mol. The molecule has 3 rings (SSSR count). The van der Waals surface area contributed by atoms with E-state index in [-0.39, 0.29) is 0 Å². The Hall–Kier alpha value is -1.82. The van der Waals surface area contributed by atoms with E-state index in [9.17, 15) is 4.21 Å². The van der Waals surface area contributed by atoms with Crippen LogP contribution in [0.2, 0.25) is 0 Å². The lowest BCUT2D eigenvalue weighted by molar-refractivity contribution is 0.248. The minimum absolute atomic E-state index is 0.717. The van der Waals surface area contributed by atoms with E-state index in [1.54, 1.807) is 7.11 Å². The van der Waals surface area contributed by atoms with E-state index in [2.05, 4.69) is 39.8 Å². The van der Waals surface area contributed by atoms with Gasteiger partial charge in [0.2, 0.25) is 0 Å². The molecule has 0 spiro atoms. The van der Waals surface area contributed by atoms with Crippen molar-refractivity contribution >= 4 is 15.6 Å². The van der Waals surface area contributed by atoms with E-state index in [0.717, 1.165) is 72.8 Å². The Morgan fingerprint density at radius 3 is 2.57 bits per heavy atom. The first kappa shape index (κ1) is 22.9. The third kappa shape index (κ3) is 5.26. The first-order valence-electron chi connectivity index (χ1n) is 10.9. The Balaban J connectivity index is 1.45. The molecule has 0 saturated carbocycles. The summed E-state index contributed by atoms with van der Waals surface area (Å²) in [6.07, 6.45) is 4.45. The second-order valence-corrected chi connectivity index (χ2v) is 10.4. The van der Waals surface area contributed by atoms with Gasteiger partial charge in [-0.3, -0.25) is 4.90 Å². The highest BCUT2D eigenvalue weighted by atomic mass is 32.2. The molecule has 164 valence electrons. The fourth-order valence-electron chi connectivity index (χ4n) is 4.43. The number of methoxy groups -OCH3 is 1. The van der Waals surface area contributed by atoms with Crippen molar-refractivity contribution in [3.8, 4) is 5.75 Å². The van der Waals surface area contributed by atoms with Crippen LogP contribution in [0.4, 0.5) is 0 Å². The van der Waals surface area contributed by atoms with Crippen LogP contribution in [0.15, 0.2) is 35.2 Å². The Morgan fingerprint density at radius 1 is 1.10 bits per heavy atom. The average Bonchev–Trinajstić information content (AvgIpc) is 2.73. The van der Waals surface area contributed by atoms with Crippen molar-refractivity contribution in [3.63, 3.8) is 0 Å². The second-order valence-electron chi connectivity index (χ2n) is 8.40. The first-order chi connectivity index (χ1) is 14.3. The lowest BCUT2D eigenvalue weighted by atomic mass is 10.00. The van der Waals surface area contributed by atoms with Gasteiger partial charge in [0.25, 0.3) is 0 Å². The summed E-state index contributed by atoms with van der Waals surface area (Å²) in [6.45, 7) is 10.1. The summed E-state index contributed by atoms with van der Waals surface area (Å²) < 4.78 is 22.0. The fourth-order valence-corrected chi connectivity index (χ4v) is 6.28. The standard InChI is InChI=1S/C25H36N2O2S/c1-19-17-24(29-4)20(2)21(3)25(19)30(5,28)26-14-9-6-10-15-27-16-13-22-11-7-8-12-23(22)18-27/h7-8,11-12,17H,5-6,9-10,13-16,18H2,1-4H3,(H,26,28). The van der Waals surface area contributed by atoms with Crippen LogP contribution in [0, 0.1) is 20.8 Å².